The summed E-state index contributed by atoms with van der Waals surface area (Å²) in [4.78, 5) is 0. The number of nitrogens with two attached hydrogens (primary N) is 1. The molecule has 4 heteroatoms. The van der Waals surface area contributed by atoms with Crippen LogP contribution in [0, 0.1) is 0 Å². The summed E-state index contributed by atoms with van der Waals surface area (Å²) in [5.41, 5.74) is 7.31. The van der Waals surface area contributed by atoms with Crippen molar-refractivity contribution in [1.29, 1.82) is 0 Å². The number of ether oxygens (including phenoxy) is 1. The summed E-state index contributed by atoms with van der Waals surface area (Å²) in [5.74, 6) is 0.643. The summed E-state index contributed by atoms with van der Waals surface area (Å²) in [6, 6.07) is 5.75. The molecule has 3 N–H and O–H groups in total. The molecular weight excluding hydrogens is 221 g/mol. The molecule has 0 aliphatic carbocycles. The van der Waals surface area contributed by atoms with Crippen molar-refractivity contribution in [3.63, 3.8) is 0 Å². The molecule has 96 valence electrons. The number of aryl methyl sites for hydroxylation is 1. The maximum atomic E-state index is 13.0. The molecule has 0 amide bonds. The van der Waals surface area contributed by atoms with Gasteiger partial charge in [-0.15, -0.1) is 0 Å². The Labute approximate surface area is 101 Å². The minimum Gasteiger partial charge on any atom is -0.490 e. The Hall–Kier alpha value is -1.13. The first-order valence-corrected chi connectivity index (χ1v) is 5.90. The smallest absolute Gasteiger partial charge is 0.146 e. The van der Waals surface area contributed by atoms with E-state index in [2.05, 4.69) is 0 Å². The van der Waals surface area contributed by atoms with Crippen molar-refractivity contribution in [3.8, 4) is 5.75 Å². The van der Waals surface area contributed by atoms with Crippen molar-refractivity contribution < 1.29 is 14.2 Å². The molecule has 0 bridgehead atoms. The fourth-order valence-corrected chi connectivity index (χ4v) is 1.54. The molecular formula is C13H20FNO2. The third-order valence-electron chi connectivity index (χ3n) is 2.52. The highest BCUT2D eigenvalue weighted by Gasteiger charge is 2.06. The zero-order chi connectivity index (χ0) is 12.7. The van der Waals surface area contributed by atoms with Gasteiger partial charge in [0.15, 0.2) is 0 Å². The molecule has 0 aliphatic heterocycles. The predicted octanol–water partition coefficient (Wildman–Crippen LogP) is 1.46. The van der Waals surface area contributed by atoms with Crippen molar-refractivity contribution in [2.24, 2.45) is 5.73 Å². The van der Waals surface area contributed by atoms with Gasteiger partial charge < -0.3 is 15.6 Å². The molecule has 17 heavy (non-hydrogen) atoms. The largest absolute Gasteiger partial charge is 0.490 e. The van der Waals surface area contributed by atoms with Crippen LogP contribution in [0.25, 0.3) is 0 Å². The summed E-state index contributed by atoms with van der Waals surface area (Å²) in [5, 5.41) is 8.91. The Morgan fingerprint density at radius 1 is 1.35 bits per heavy atom. The van der Waals surface area contributed by atoms with Crippen molar-refractivity contribution in [2.75, 3.05) is 19.8 Å². The van der Waals surface area contributed by atoms with Gasteiger partial charge >= 0.3 is 0 Å². The lowest BCUT2D eigenvalue weighted by atomic mass is 10.1. The molecule has 0 radical (unpaired) electrons. The minimum atomic E-state index is -1.14. The van der Waals surface area contributed by atoms with Crippen LogP contribution in [0.5, 0.6) is 5.75 Å². The normalized spacial score (nSPS) is 12.5. The summed E-state index contributed by atoms with van der Waals surface area (Å²) in [7, 11) is 0. The third-order valence-corrected chi connectivity index (χ3v) is 2.52. The number of alkyl halides is 1. The zero-order valence-electron chi connectivity index (χ0n) is 10.2. The Morgan fingerprint density at radius 2 is 2.06 bits per heavy atom. The molecule has 1 rings (SSSR count). The van der Waals surface area contributed by atoms with E-state index in [9.17, 15) is 4.39 Å². The molecule has 0 spiro atoms. The van der Waals surface area contributed by atoms with Gasteiger partial charge in [0, 0.05) is 13.2 Å². The van der Waals surface area contributed by atoms with E-state index in [1.165, 1.54) is 0 Å². The Morgan fingerprint density at radius 3 is 2.65 bits per heavy atom. The summed E-state index contributed by atoms with van der Waals surface area (Å²) < 4.78 is 18.3. The van der Waals surface area contributed by atoms with Crippen LogP contribution in [0.15, 0.2) is 18.2 Å². The lowest BCUT2D eigenvalue weighted by Gasteiger charge is -2.11. The highest BCUT2D eigenvalue weighted by Crippen LogP contribution is 2.18. The van der Waals surface area contributed by atoms with Gasteiger partial charge in [0.2, 0.25) is 0 Å². The quantitative estimate of drug-likeness (QED) is 0.760. The Kier molecular flexibility index (Phi) is 5.94. The van der Waals surface area contributed by atoms with Crippen molar-refractivity contribution in [2.45, 2.75) is 25.9 Å². The number of hydrogen-bond acceptors (Lipinski definition) is 3. The van der Waals surface area contributed by atoms with Crippen LogP contribution in [0.1, 0.15) is 18.1 Å². The molecule has 0 aliphatic rings. The van der Waals surface area contributed by atoms with Gasteiger partial charge in [0.05, 0.1) is 0 Å². The number of halogens is 1. The van der Waals surface area contributed by atoms with Crippen LogP contribution in [0.3, 0.4) is 0 Å². The monoisotopic (exact) mass is 241 g/mol. The van der Waals surface area contributed by atoms with Gasteiger partial charge in [-0.3, -0.25) is 0 Å². The van der Waals surface area contributed by atoms with Gasteiger partial charge in [0.1, 0.15) is 18.5 Å². The lowest BCUT2D eigenvalue weighted by molar-refractivity contribution is 0.201. The fourth-order valence-electron chi connectivity index (χ4n) is 1.54. The zero-order valence-corrected chi connectivity index (χ0v) is 10.2. The number of aliphatic hydroxyl groups is 1. The van der Waals surface area contributed by atoms with Crippen molar-refractivity contribution in [1.82, 2.24) is 0 Å². The van der Waals surface area contributed by atoms with Gasteiger partial charge in [-0.05, 0) is 36.1 Å². The number of aliphatic hydroxyl groups excluding tert-OH is 1. The molecule has 0 saturated carbocycles. The molecule has 1 aromatic rings. The Balaban J connectivity index is 2.72. The average Bonchev–Trinajstić information content (AvgIpc) is 2.36. The van der Waals surface area contributed by atoms with E-state index >= 15 is 0 Å². The molecule has 0 heterocycles. The van der Waals surface area contributed by atoms with Crippen LogP contribution >= 0.6 is 0 Å². The van der Waals surface area contributed by atoms with Gasteiger partial charge in [-0.25, -0.2) is 4.39 Å². The molecule has 3 nitrogen and oxygen atoms in total. The van der Waals surface area contributed by atoms with Crippen molar-refractivity contribution in [3.05, 3.63) is 29.3 Å². The van der Waals surface area contributed by atoms with Crippen LogP contribution in [0.2, 0.25) is 0 Å². The topological polar surface area (TPSA) is 55.5 Å². The van der Waals surface area contributed by atoms with Gasteiger partial charge in [0.25, 0.3) is 0 Å². The van der Waals surface area contributed by atoms with E-state index in [1.807, 2.05) is 25.1 Å². The van der Waals surface area contributed by atoms with E-state index in [4.69, 9.17) is 15.6 Å². The summed E-state index contributed by atoms with van der Waals surface area (Å²) in [6.07, 6.45) is 0.327. The Bertz CT molecular complexity index is 344. The van der Waals surface area contributed by atoms with Gasteiger partial charge in [-0.2, -0.15) is 0 Å². The second-order valence-corrected chi connectivity index (χ2v) is 3.96. The highest BCUT2D eigenvalue weighted by atomic mass is 19.1. The van der Waals surface area contributed by atoms with Crippen LogP contribution in [0.4, 0.5) is 4.39 Å². The first-order valence-electron chi connectivity index (χ1n) is 5.90. The van der Waals surface area contributed by atoms with Crippen molar-refractivity contribution >= 4 is 0 Å². The van der Waals surface area contributed by atoms with E-state index in [0.717, 1.165) is 17.5 Å². The fraction of sp³-hybridized carbons (Fsp3) is 0.538. The van der Waals surface area contributed by atoms with Crippen LogP contribution in [-0.2, 0) is 12.8 Å². The van der Waals surface area contributed by atoms with E-state index in [1.54, 1.807) is 0 Å². The van der Waals surface area contributed by atoms with Crippen LogP contribution < -0.4 is 10.5 Å². The summed E-state index contributed by atoms with van der Waals surface area (Å²) in [6.45, 7) is 2.08. The summed E-state index contributed by atoms with van der Waals surface area (Å²) >= 11 is 0. The van der Waals surface area contributed by atoms with Crippen LogP contribution in [-0.4, -0.2) is 31.0 Å². The predicted molar refractivity (Wildman–Crippen MR) is 66.1 cm³/mol. The second-order valence-electron chi connectivity index (χ2n) is 3.96. The molecule has 1 aromatic carbocycles. The molecule has 1 atom stereocenters. The maximum absolute atomic E-state index is 13.0. The van der Waals surface area contributed by atoms with Gasteiger partial charge in [-0.1, -0.05) is 13.0 Å². The average molecular weight is 241 g/mol. The first kappa shape index (κ1) is 13.9. The molecule has 0 unspecified atom stereocenters. The third kappa shape index (κ3) is 4.71. The van der Waals surface area contributed by atoms with E-state index in [0.29, 0.717) is 12.2 Å². The minimum absolute atomic E-state index is 0.0256. The number of hydrogen-bond donors (Lipinski definition) is 2. The molecule has 0 fully saturated rings. The number of rotatable bonds is 7. The highest BCUT2D eigenvalue weighted by molar-refractivity contribution is 5.34. The van der Waals surface area contributed by atoms with E-state index in [-0.39, 0.29) is 19.8 Å². The molecule has 0 saturated heterocycles. The lowest BCUT2D eigenvalue weighted by Crippen LogP contribution is -2.22. The second kappa shape index (κ2) is 7.25. The number of benzene rings is 1. The first-order chi connectivity index (χ1) is 8.19. The standard InChI is InChI=1S/C13H20FNO2/c1-2-10-5-11(3-4-16)7-13(6-10)17-9-12(14)8-15/h5-7,12,16H,2-4,8-9,15H2,1H3/t12-/m1/s1. The SMILES string of the molecule is CCc1cc(CCO)cc(OC[C@H](F)CN)c1. The van der Waals surface area contributed by atoms with E-state index < -0.39 is 6.17 Å². The molecule has 0 aromatic heterocycles. The maximum Gasteiger partial charge on any atom is 0.146 e.